The van der Waals surface area contributed by atoms with Gasteiger partial charge in [0.25, 0.3) is 0 Å². The Kier molecular flexibility index (Phi) is 2.60. The molecular weight excluding hydrogens is 196 g/mol. The molecule has 1 aliphatic heterocycles. The zero-order chi connectivity index (χ0) is 11.0. The third kappa shape index (κ3) is 1.71. The second-order valence-electron chi connectivity index (χ2n) is 5.06. The largest absolute Gasteiger partial charge is 0.370 e. The van der Waals surface area contributed by atoms with E-state index in [1.807, 2.05) is 0 Å². The Labute approximate surface area is 97.6 Å². The molecule has 86 valence electrons. The first-order chi connectivity index (χ1) is 7.84. The monoisotopic (exact) mass is 216 g/mol. The van der Waals surface area contributed by atoms with Crippen LogP contribution in [0.1, 0.15) is 24.0 Å². The van der Waals surface area contributed by atoms with Crippen LogP contribution < -0.4 is 10.2 Å². The third-order valence-electron chi connectivity index (χ3n) is 4.07. The van der Waals surface area contributed by atoms with Crippen molar-refractivity contribution >= 4 is 5.69 Å². The molecule has 1 aromatic carbocycles. The normalized spacial score (nSPS) is 23.4. The van der Waals surface area contributed by atoms with Crippen LogP contribution in [0.4, 0.5) is 5.69 Å². The number of benzene rings is 1. The van der Waals surface area contributed by atoms with E-state index in [-0.39, 0.29) is 0 Å². The molecule has 2 heteroatoms. The van der Waals surface area contributed by atoms with Crippen molar-refractivity contribution in [3.05, 3.63) is 29.3 Å². The van der Waals surface area contributed by atoms with Gasteiger partial charge in [0.1, 0.15) is 0 Å². The van der Waals surface area contributed by atoms with E-state index in [9.17, 15) is 0 Å². The summed E-state index contributed by atoms with van der Waals surface area (Å²) in [4.78, 5) is 2.44. The predicted molar refractivity (Wildman–Crippen MR) is 68.1 cm³/mol. The summed E-state index contributed by atoms with van der Waals surface area (Å²) in [6.07, 6.45) is 5.17. The molecule has 1 fully saturated rings. The lowest BCUT2D eigenvalue weighted by atomic mass is 10.1. The molecule has 1 aromatic rings. The molecule has 0 saturated carbocycles. The highest BCUT2D eigenvalue weighted by Gasteiger charge is 2.20. The standard InChI is InChI=1S/C14H20N2/c1-16(14-7-8-15-10-14)13-6-5-11-3-2-4-12(11)9-13/h5-6,9,14-15H,2-4,7-8,10H2,1H3. The Morgan fingerprint density at radius 2 is 2.12 bits per heavy atom. The Hall–Kier alpha value is -1.02. The lowest BCUT2D eigenvalue weighted by Gasteiger charge is -2.26. The van der Waals surface area contributed by atoms with E-state index in [0.717, 1.165) is 6.54 Å². The fraction of sp³-hybridized carbons (Fsp3) is 0.571. The summed E-state index contributed by atoms with van der Waals surface area (Å²) < 4.78 is 0. The first kappa shape index (κ1) is 10.2. The maximum Gasteiger partial charge on any atom is 0.0423 e. The summed E-state index contributed by atoms with van der Waals surface area (Å²) in [5, 5.41) is 3.43. The van der Waals surface area contributed by atoms with Crippen molar-refractivity contribution in [2.75, 3.05) is 25.0 Å². The molecule has 2 nitrogen and oxygen atoms in total. The molecule has 1 unspecified atom stereocenters. The van der Waals surface area contributed by atoms with Gasteiger partial charge >= 0.3 is 0 Å². The lowest BCUT2D eigenvalue weighted by Crippen LogP contribution is -2.33. The molecule has 1 atom stereocenters. The molecule has 1 saturated heterocycles. The highest BCUT2D eigenvalue weighted by Crippen LogP contribution is 2.27. The van der Waals surface area contributed by atoms with Gasteiger partial charge < -0.3 is 10.2 Å². The first-order valence-electron chi connectivity index (χ1n) is 6.40. The summed E-state index contributed by atoms with van der Waals surface area (Å²) in [5.74, 6) is 0. The number of hydrogen-bond acceptors (Lipinski definition) is 2. The van der Waals surface area contributed by atoms with Crippen molar-refractivity contribution in [1.29, 1.82) is 0 Å². The average Bonchev–Trinajstić information content (AvgIpc) is 2.98. The van der Waals surface area contributed by atoms with Gasteiger partial charge in [-0.1, -0.05) is 6.07 Å². The number of nitrogens with one attached hydrogen (secondary N) is 1. The predicted octanol–water partition coefficient (Wildman–Crippen LogP) is 1.97. The first-order valence-corrected chi connectivity index (χ1v) is 6.40. The van der Waals surface area contributed by atoms with Gasteiger partial charge in [0.15, 0.2) is 0 Å². The van der Waals surface area contributed by atoms with E-state index >= 15 is 0 Å². The Balaban J connectivity index is 1.83. The number of fused-ring (bicyclic) bond motifs is 1. The van der Waals surface area contributed by atoms with Crippen LogP contribution in [0.5, 0.6) is 0 Å². The smallest absolute Gasteiger partial charge is 0.0423 e. The zero-order valence-corrected chi connectivity index (χ0v) is 10.00. The van der Waals surface area contributed by atoms with Crippen molar-refractivity contribution in [2.24, 2.45) is 0 Å². The number of hydrogen-bond donors (Lipinski definition) is 1. The summed E-state index contributed by atoms with van der Waals surface area (Å²) in [5.41, 5.74) is 4.55. The van der Waals surface area contributed by atoms with E-state index in [4.69, 9.17) is 0 Å². The van der Waals surface area contributed by atoms with Crippen LogP contribution in [0.3, 0.4) is 0 Å². The van der Waals surface area contributed by atoms with Gasteiger partial charge in [0.2, 0.25) is 0 Å². The van der Waals surface area contributed by atoms with Crippen LogP contribution >= 0.6 is 0 Å². The number of aryl methyl sites for hydroxylation is 2. The minimum Gasteiger partial charge on any atom is -0.370 e. The summed E-state index contributed by atoms with van der Waals surface area (Å²) in [7, 11) is 2.23. The Bertz CT molecular complexity index is 380. The molecule has 16 heavy (non-hydrogen) atoms. The van der Waals surface area contributed by atoms with Crippen LogP contribution in [-0.4, -0.2) is 26.2 Å². The molecule has 3 rings (SSSR count). The molecule has 0 spiro atoms. The van der Waals surface area contributed by atoms with Gasteiger partial charge in [0, 0.05) is 25.3 Å². The van der Waals surface area contributed by atoms with Crippen LogP contribution in [-0.2, 0) is 12.8 Å². The van der Waals surface area contributed by atoms with Gasteiger partial charge in [-0.2, -0.15) is 0 Å². The fourth-order valence-corrected chi connectivity index (χ4v) is 2.96. The minimum absolute atomic E-state index is 0.680. The number of likely N-dealkylation sites (N-methyl/N-ethyl adjacent to an activating group) is 1. The second-order valence-corrected chi connectivity index (χ2v) is 5.06. The molecule has 0 aromatic heterocycles. The molecule has 1 N–H and O–H groups in total. The molecule has 1 heterocycles. The van der Waals surface area contributed by atoms with Crippen molar-refractivity contribution < 1.29 is 0 Å². The van der Waals surface area contributed by atoms with E-state index in [1.165, 1.54) is 37.9 Å². The van der Waals surface area contributed by atoms with Crippen molar-refractivity contribution in [3.63, 3.8) is 0 Å². The molecular formula is C14H20N2. The fourth-order valence-electron chi connectivity index (χ4n) is 2.96. The Morgan fingerprint density at radius 3 is 2.94 bits per heavy atom. The Morgan fingerprint density at radius 1 is 1.25 bits per heavy atom. The molecule has 2 aliphatic rings. The minimum atomic E-state index is 0.680. The molecule has 0 radical (unpaired) electrons. The summed E-state index contributed by atoms with van der Waals surface area (Å²) in [6, 6.07) is 7.71. The molecule has 1 aliphatic carbocycles. The summed E-state index contributed by atoms with van der Waals surface area (Å²) in [6.45, 7) is 2.30. The van der Waals surface area contributed by atoms with Gasteiger partial charge in [0.05, 0.1) is 0 Å². The molecule has 0 amide bonds. The quantitative estimate of drug-likeness (QED) is 0.813. The second kappa shape index (κ2) is 4.10. The highest BCUT2D eigenvalue weighted by molar-refractivity contribution is 5.52. The summed E-state index contributed by atoms with van der Waals surface area (Å²) >= 11 is 0. The average molecular weight is 216 g/mol. The van der Waals surface area contributed by atoms with E-state index in [0.29, 0.717) is 6.04 Å². The zero-order valence-electron chi connectivity index (χ0n) is 10.00. The highest BCUT2D eigenvalue weighted by atomic mass is 15.2. The number of nitrogens with zero attached hydrogens (tertiary/aromatic N) is 1. The topological polar surface area (TPSA) is 15.3 Å². The van der Waals surface area contributed by atoms with Gasteiger partial charge in [-0.25, -0.2) is 0 Å². The van der Waals surface area contributed by atoms with Gasteiger partial charge in [-0.3, -0.25) is 0 Å². The van der Waals surface area contributed by atoms with Crippen molar-refractivity contribution in [1.82, 2.24) is 5.32 Å². The molecule has 0 bridgehead atoms. The van der Waals surface area contributed by atoms with Crippen LogP contribution in [0, 0.1) is 0 Å². The third-order valence-corrected chi connectivity index (χ3v) is 4.07. The van der Waals surface area contributed by atoms with E-state index in [2.05, 4.69) is 35.5 Å². The SMILES string of the molecule is CN(c1ccc2c(c1)CCC2)C1CCNC1. The van der Waals surface area contributed by atoms with Crippen molar-refractivity contribution in [3.8, 4) is 0 Å². The van der Waals surface area contributed by atoms with Crippen LogP contribution in [0.15, 0.2) is 18.2 Å². The van der Waals surface area contributed by atoms with Gasteiger partial charge in [-0.15, -0.1) is 0 Å². The van der Waals surface area contributed by atoms with Crippen LogP contribution in [0.25, 0.3) is 0 Å². The lowest BCUT2D eigenvalue weighted by molar-refractivity contribution is 0.685. The number of anilines is 1. The van der Waals surface area contributed by atoms with Crippen LogP contribution in [0.2, 0.25) is 0 Å². The van der Waals surface area contributed by atoms with E-state index < -0.39 is 0 Å². The van der Waals surface area contributed by atoms with Gasteiger partial charge in [-0.05, 0) is 55.5 Å². The maximum absolute atomic E-state index is 3.43. The maximum atomic E-state index is 3.43. The van der Waals surface area contributed by atoms with E-state index in [1.54, 1.807) is 11.1 Å². The van der Waals surface area contributed by atoms with Crippen molar-refractivity contribution in [2.45, 2.75) is 31.7 Å². The number of rotatable bonds is 2.